The van der Waals surface area contributed by atoms with Crippen molar-refractivity contribution in [3.63, 3.8) is 0 Å². The van der Waals surface area contributed by atoms with E-state index in [0.717, 1.165) is 11.3 Å². The largest absolute Gasteiger partial charge is 0.358 e. The summed E-state index contributed by atoms with van der Waals surface area (Å²) in [5.74, 6) is 0. The normalized spacial score (nSPS) is 15.1. The molecule has 168 valence electrons. The van der Waals surface area contributed by atoms with E-state index in [1.807, 2.05) is 18.2 Å². The van der Waals surface area contributed by atoms with Crippen LogP contribution in [-0.2, 0) is 11.0 Å². The van der Waals surface area contributed by atoms with Crippen LogP contribution in [0.2, 0.25) is 0 Å². The number of imidazole rings is 1. The molecular weight excluding hydrogens is 670 g/mol. The van der Waals surface area contributed by atoms with Crippen molar-refractivity contribution < 1.29 is 87.2 Å². The topological polar surface area (TPSA) is 8.29 Å². The number of hydrogen-bond donors (Lipinski definition) is 0. The Morgan fingerprint density at radius 2 is 1.50 bits per heavy atom. The van der Waals surface area contributed by atoms with E-state index >= 15 is 0 Å². The van der Waals surface area contributed by atoms with E-state index < -0.39 is 0 Å². The fourth-order valence-electron chi connectivity index (χ4n) is 5.41. The van der Waals surface area contributed by atoms with Crippen LogP contribution in [-0.4, -0.2) is 4.40 Å². The molecule has 3 heterocycles. The summed E-state index contributed by atoms with van der Waals surface area (Å²) in [6, 6.07) is 24.4. The second-order valence-electron chi connectivity index (χ2n) is 10.1. The fourth-order valence-corrected chi connectivity index (χ4v) is 5.41. The first kappa shape index (κ1) is 28.2. The molecule has 1 aliphatic heterocycles. The van der Waals surface area contributed by atoms with E-state index in [2.05, 4.69) is 99.2 Å². The van der Waals surface area contributed by atoms with Crippen molar-refractivity contribution in [2.75, 3.05) is 0 Å². The Labute approximate surface area is 270 Å². The van der Waals surface area contributed by atoms with E-state index in [1.54, 1.807) is 0 Å². The molecule has 2 radical (unpaired) electrons. The van der Waals surface area contributed by atoms with Crippen LogP contribution in [0.5, 0.6) is 0 Å². The van der Waals surface area contributed by atoms with Gasteiger partial charge in [-0.2, -0.15) is 0 Å². The predicted molar refractivity (Wildman–Crippen MR) is 134 cm³/mol. The molecule has 0 amide bonds. The number of hydrogen-bond acceptors (Lipinski definition) is 0. The number of fused-ring (bicyclic) bond motifs is 3. The molecule has 0 spiro atoms. The quantitative estimate of drug-likeness (QED) is 0.102. The minimum atomic E-state index is -0.0972. The maximum atomic E-state index is 3.43. The van der Waals surface area contributed by atoms with E-state index in [9.17, 15) is 0 Å². The summed E-state index contributed by atoms with van der Waals surface area (Å²) in [5, 5.41) is 4.01. The molecule has 6 rings (SSSR count). The Hall–Kier alpha value is -0.403. The van der Waals surface area contributed by atoms with E-state index in [4.69, 9.17) is 0 Å². The molecule has 0 atom stereocenters. The first-order chi connectivity index (χ1) is 14.7. The second kappa shape index (κ2) is 9.48. The predicted octanol–water partition coefficient (Wildman–Crippen LogP) is 6.89. The standard InChI is InChI=1S/C29H27N2.CH3.2Pr/c1-18-15-22-21-13-10-14-23-26(21)27-30(29(5,6)28(23,3)4)17-25(20-11-8-7-9-12-20)31(27)24(22)16-19(18)2;;;/h7-10,13-17H,1-6H3;1H3;;/q2*-1;;. The van der Waals surface area contributed by atoms with Crippen LogP contribution >= 0.6 is 0 Å². The van der Waals surface area contributed by atoms with E-state index in [1.165, 1.54) is 44.0 Å². The van der Waals surface area contributed by atoms with Gasteiger partial charge in [0.1, 0.15) is 11.1 Å². The van der Waals surface area contributed by atoms with Gasteiger partial charge in [-0.1, -0.05) is 32.0 Å². The van der Waals surface area contributed by atoms with E-state index in [-0.39, 0.29) is 101 Å². The third-order valence-corrected chi connectivity index (χ3v) is 8.07. The summed E-state index contributed by atoms with van der Waals surface area (Å²) < 4.78 is 4.95. The number of aromatic nitrogens is 2. The van der Waals surface area contributed by atoms with Gasteiger partial charge >= 0.3 is 0 Å². The maximum absolute atomic E-state index is 3.43. The van der Waals surface area contributed by atoms with Crippen LogP contribution in [0.4, 0.5) is 0 Å². The Balaban J connectivity index is 0.00000108. The molecule has 0 saturated heterocycles. The molecule has 2 aromatic heterocycles. The molecular formula is C30H30N2Pr2-2. The number of aryl methyl sites for hydroxylation is 2. The summed E-state index contributed by atoms with van der Waals surface area (Å²) in [6.45, 7) is 13.9. The molecule has 0 fully saturated rings. The summed E-state index contributed by atoms with van der Waals surface area (Å²) in [5.41, 5.74) is 8.60. The molecule has 0 unspecified atom stereocenters. The van der Waals surface area contributed by atoms with Crippen LogP contribution in [0.25, 0.3) is 38.6 Å². The number of rotatable bonds is 1. The first-order valence-electron chi connectivity index (χ1n) is 11.1. The molecule has 5 aromatic rings. The minimum Gasteiger partial charge on any atom is -0.358 e. The van der Waals surface area contributed by atoms with Crippen molar-refractivity contribution in [2.45, 2.75) is 52.5 Å². The molecule has 0 N–H and O–H groups in total. The van der Waals surface area contributed by atoms with Gasteiger partial charge in [0.05, 0.1) is 11.6 Å². The Bertz CT molecular complexity index is 1540. The number of benzene rings is 3. The maximum Gasteiger partial charge on any atom is 0.278 e. The van der Waals surface area contributed by atoms with Gasteiger partial charge in [0.2, 0.25) is 0 Å². The average Bonchev–Trinajstić information content (AvgIpc) is 3.16. The fraction of sp³-hybridized carbons (Fsp3) is 0.267. The third-order valence-electron chi connectivity index (χ3n) is 8.07. The zero-order chi connectivity index (χ0) is 21.7. The summed E-state index contributed by atoms with van der Waals surface area (Å²) in [6.07, 6.45) is 2.32. The summed E-state index contributed by atoms with van der Waals surface area (Å²) in [7, 11) is 0. The van der Waals surface area contributed by atoms with Gasteiger partial charge in [-0.05, 0) is 56.5 Å². The second-order valence-corrected chi connectivity index (χ2v) is 10.1. The summed E-state index contributed by atoms with van der Waals surface area (Å²) >= 11 is 0. The Kier molecular flexibility index (Phi) is 7.85. The number of nitrogens with zero attached hydrogens (tertiary/aromatic N) is 2. The van der Waals surface area contributed by atoms with Crippen LogP contribution in [0.1, 0.15) is 44.4 Å². The Morgan fingerprint density at radius 1 is 0.853 bits per heavy atom. The van der Waals surface area contributed by atoms with E-state index in [0.29, 0.717) is 0 Å². The Morgan fingerprint density at radius 3 is 2.18 bits per heavy atom. The molecule has 0 aliphatic carbocycles. The van der Waals surface area contributed by atoms with Gasteiger partial charge in [-0.3, -0.25) is 16.5 Å². The minimum absolute atomic E-state index is 0. The smallest absolute Gasteiger partial charge is 0.278 e. The average molecular weight is 700 g/mol. The molecule has 3 aromatic carbocycles. The van der Waals surface area contributed by atoms with Crippen LogP contribution < -0.4 is 4.57 Å². The molecule has 34 heavy (non-hydrogen) atoms. The van der Waals surface area contributed by atoms with Crippen molar-refractivity contribution in [3.8, 4) is 11.3 Å². The third kappa shape index (κ3) is 3.60. The zero-order valence-electron chi connectivity index (χ0n) is 21.2. The van der Waals surface area contributed by atoms with Gasteiger partial charge in [0.15, 0.2) is 0 Å². The van der Waals surface area contributed by atoms with Gasteiger partial charge < -0.3 is 7.43 Å². The van der Waals surface area contributed by atoms with Crippen molar-refractivity contribution in [2.24, 2.45) is 0 Å². The molecule has 0 bridgehead atoms. The van der Waals surface area contributed by atoms with Crippen molar-refractivity contribution in [1.29, 1.82) is 0 Å². The first-order valence-corrected chi connectivity index (χ1v) is 11.1. The van der Waals surface area contributed by atoms with Crippen LogP contribution in [0.15, 0.2) is 54.7 Å². The monoisotopic (exact) mass is 700 g/mol. The van der Waals surface area contributed by atoms with Crippen molar-refractivity contribution in [1.82, 2.24) is 4.40 Å². The molecule has 2 nitrogen and oxygen atoms in total. The molecule has 1 aliphatic rings. The van der Waals surface area contributed by atoms with Crippen LogP contribution in [0.3, 0.4) is 0 Å². The SMILES string of the molecule is Cc1cc2c3cccc4c3c3n(c(-c5[c-]ccc[c-]5)c[n+]3C(C)(C)C4(C)C)c2cc1C.[CH3-].[Pr].[Pr]. The molecule has 0 saturated carbocycles. The van der Waals surface area contributed by atoms with Crippen LogP contribution in [0, 0.1) is 116 Å². The van der Waals surface area contributed by atoms with Gasteiger partial charge in [-0.25, -0.2) is 28.3 Å². The van der Waals surface area contributed by atoms with Gasteiger partial charge in [-0.15, -0.1) is 0 Å². The summed E-state index contributed by atoms with van der Waals surface area (Å²) in [4.78, 5) is 0. The molecule has 4 heteroatoms. The van der Waals surface area contributed by atoms with Crippen molar-refractivity contribution in [3.05, 3.63) is 91.0 Å². The van der Waals surface area contributed by atoms with Gasteiger partial charge in [0.25, 0.3) is 5.65 Å². The van der Waals surface area contributed by atoms with Crippen molar-refractivity contribution >= 4 is 27.3 Å². The zero-order valence-corrected chi connectivity index (χ0v) is 28.7. The van der Waals surface area contributed by atoms with Gasteiger partial charge in [0, 0.05) is 104 Å². The number of pyridine rings is 1.